The Hall–Kier alpha value is -1.50. The molecule has 2 aromatic rings. The Morgan fingerprint density at radius 2 is 2.00 bits per heavy atom. The number of methoxy groups -OCH3 is 1. The molecule has 0 bridgehead atoms. The van der Waals surface area contributed by atoms with Crippen molar-refractivity contribution in [3.63, 3.8) is 0 Å². The van der Waals surface area contributed by atoms with Gasteiger partial charge < -0.3 is 10.5 Å². The van der Waals surface area contributed by atoms with Gasteiger partial charge in [-0.25, -0.2) is 8.78 Å². The normalized spacial score (nSPS) is 12.6. The molecule has 0 amide bonds. The monoisotopic (exact) mass is 315 g/mol. The lowest BCUT2D eigenvalue weighted by atomic mass is 10.0. The summed E-state index contributed by atoms with van der Waals surface area (Å²) in [4.78, 5) is 0. The van der Waals surface area contributed by atoms with Gasteiger partial charge in [0.15, 0.2) is 0 Å². The molecule has 0 aliphatic rings. The summed E-state index contributed by atoms with van der Waals surface area (Å²) in [7, 11) is 1.58. The van der Waals surface area contributed by atoms with Crippen LogP contribution < -0.4 is 5.73 Å². The summed E-state index contributed by atoms with van der Waals surface area (Å²) in [5.74, 6) is -1.26. The van der Waals surface area contributed by atoms with Crippen molar-refractivity contribution in [2.45, 2.75) is 19.0 Å². The highest BCUT2D eigenvalue weighted by atomic mass is 35.5. The van der Waals surface area contributed by atoms with Gasteiger partial charge in [0.25, 0.3) is 0 Å². The van der Waals surface area contributed by atoms with Gasteiger partial charge in [-0.3, -0.25) is 4.68 Å². The second-order valence-corrected chi connectivity index (χ2v) is 5.09. The molecule has 0 aliphatic heterocycles. The maximum absolute atomic E-state index is 13.2. The highest BCUT2D eigenvalue weighted by molar-refractivity contribution is 6.31. The smallest absolute Gasteiger partial charge is 0.126 e. The van der Waals surface area contributed by atoms with Crippen molar-refractivity contribution in [2.24, 2.45) is 5.73 Å². The van der Waals surface area contributed by atoms with Gasteiger partial charge in [0.1, 0.15) is 11.6 Å². The Kier molecular flexibility index (Phi) is 5.27. The first-order chi connectivity index (χ1) is 10.0. The Balaban J connectivity index is 2.19. The average molecular weight is 316 g/mol. The van der Waals surface area contributed by atoms with Crippen LogP contribution in [0.3, 0.4) is 0 Å². The Morgan fingerprint density at radius 3 is 2.62 bits per heavy atom. The van der Waals surface area contributed by atoms with Crippen LogP contribution in [0.4, 0.5) is 8.78 Å². The highest BCUT2D eigenvalue weighted by Gasteiger charge is 2.18. The fourth-order valence-corrected chi connectivity index (χ4v) is 2.46. The van der Waals surface area contributed by atoms with E-state index in [2.05, 4.69) is 5.10 Å². The Morgan fingerprint density at radius 1 is 1.33 bits per heavy atom. The quantitative estimate of drug-likeness (QED) is 0.891. The summed E-state index contributed by atoms with van der Waals surface area (Å²) in [6.07, 6.45) is 1.76. The van der Waals surface area contributed by atoms with Crippen LogP contribution in [0.1, 0.15) is 17.3 Å². The predicted molar refractivity (Wildman–Crippen MR) is 76.1 cm³/mol. The second kappa shape index (κ2) is 6.98. The third kappa shape index (κ3) is 4.00. The molecule has 1 unspecified atom stereocenters. The molecule has 1 aromatic heterocycles. The second-order valence-electron chi connectivity index (χ2n) is 4.68. The minimum atomic E-state index is -0.629. The zero-order valence-electron chi connectivity index (χ0n) is 11.5. The van der Waals surface area contributed by atoms with E-state index < -0.39 is 17.7 Å². The van der Waals surface area contributed by atoms with Crippen LogP contribution in [-0.2, 0) is 17.7 Å². The largest absolute Gasteiger partial charge is 0.383 e. The lowest BCUT2D eigenvalue weighted by molar-refractivity contribution is 0.182. The summed E-state index contributed by atoms with van der Waals surface area (Å²) >= 11 is 6.10. The van der Waals surface area contributed by atoms with Gasteiger partial charge in [0, 0.05) is 13.2 Å². The van der Waals surface area contributed by atoms with Gasteiger partial charge in [-0.2, -0.15) is 5.10 Å². The lowest BCUT2D eigenvalue weighted by Gasteiger charge is -2.15. The van der Waals surface area contributed by atoms with Crippen LogP contribution in [0.25, 0.3) is 0 Å². The van der Waals surface area contributed by atoms with E-state index in [1.807, 2.05) is 0 Å². The number of hydrogen-bond acceptors (Lipinski definition) is 3. The van der Waals surface area contributed by atoms with E-state index in [9.17, 15) is 8.78 Å². The number of rotatable bonds is 6. The summed E-state index contributed by atoms with van der Waals surface area (Å²) in [5, 5.41) is 4.55. The SMILES string of the molecule is COCCn1ncc(Cl)c1C(N)Cc1cc(F)cc(F)c1. The summed E-state index contributed by atoms with van der Waals surface area (Å²) in [6, 6.07) is 2.82. The molecule has 0 saturated heterocycles. The number of hydrogen-bond donors (Lipinski definition) is 1. The molecule has 4 nitrogen and oxygen atoms in total. The average Bonchev–Trinajstić information content (AvgIpc) is 2.76. The van der Waals surface area contributed by atoms with E-state index >= 15 is 0 Å². The van der Waals surface area contributed by atoms with Crippen molar-refractivity contribution < 1.29 is 13.5 Å². The molecule has 1 aromatic carbocycles. The van der Waals surface area contributed by atoms with Crippen LogP contribution in [0.5, 0.6) is 0 Å². The molecule has 0 spiro atoms. The third-order valence-electron chi connectivity index (χ3n) is 3.07. The van der Waals surface area contributed by atoms with E-state index in [1.54, 1.807) is 11.8 Å². The van der Waals surface area contributed by atoms with E-state index in [1.165, 1.54) is 18.3 Å². The number of ether oxygens (including phenoxy) is 1. The fourth-order valence-electron chi connectivity index (χ4n) is 2.18. The van der Waals surface area contributed by atoms with Crippen LogP contribution in [0, 0.1) is 11.6 Å². The maximum atomic E-state index is 13.2. The Bertz CT molecular complexity index is 598. The number of nitrogens with zero attached hydrogens (tertiary/aromatic N) is 2. The van der Waals surface area contributed by atoms with Crippen molar-refractivity contribution >= 4 is 11.6 Å². The minimum Gasteiger partial charge on any atom is -0.383 e. The van der Waals surface area contributed by atoms with Crippen molar-refractivity contribution in [2.75, 3.05) is 13.7 Å². The van der Waals surface area contributed by atoms with Crippen molar-refractivity contribution in [3.8, 4) is 0 Å². The van der Waals surface area contributed by atoms with Crippen LogP contribution in [0.2, 0.25) is 5.02 Å². The molecule has 0 radical (unpaired) electrons. The number of halogens is 3. The first kappa shape index (κ1) is 15.9. The minimum absolute atomic E-state index is 0.257. The van der Waals surface area contributed by atoms with Crippen molar-refractivity contribution in [1.82, 2.24) is 9.78 Å². The molecule has 0 fully saturated rings. The van der Waals surface area contributed by atoms with Crippen LogP contribution >= 0.6 is 11.6 Å². The molecule has 2 rings (SSSR count). The number of nitrogens with two attached hydrogens (primary N) is 1. The molecule has 114 valence electrons. The van der Waals surface area contributed by atoms with Gasteiger partial charge in [-0.1, -0.05) is 11.6 Å². The molecule has 7 heteroatoms. The molecular weight excluding hydrogens is 300 g/mol. The standard InChI is InChI=1S/C14H16ClF2N3O/c1-21-3-2-20-14(12(15)8-19-20)13(18)6-9-4-10(16)7-11(17)5-9/h4-5,7-8,13H,2-3,6,18H2,1H3. The number of benzene rings is 1. The molecule has 1 heterocycles. The van der Waals surface area contributed by atoms with Gasteiger partial charge in [-0.05, 0) is 24.1 Å². The van der Waals surface area contributed by atoms with E-state index in [0.717, 1.165) is 6.07 Å². The summed E-state index contributed by atoms with van der Waals surface area (Å²) in [6.45, 7) is 0.968. The maximum Gasteiger partial charge on any atom is 0.126 e. The van der Waals surface area contributed by atoms with Crippen molar-refractivity contribution in [1.29, 1.82) is 0 Å². The predicted octanol–water partition coefficient (Wildman–Crippen LogP) is 2.70. The number of aromatic nitrogens is 2. The fraction of sp³-hybridized carbons (Fsp3) is 0.357. The first-order valence-corrected chi connectivity index (χ1v) is 6.79. The zero-order chi connectivity index (χ0) is 15.4. The van der Waals surface area contributed by atoms with Crippen LogP contribution in [-0.4, -0.2) is 23.5 Å². The van der Waals surface area contributed by atoms with E-state index in [-0.39, 0.29) is 6.42 Å². The third-order valence-corrected chi connectivity index (χ3v) is 3.36. The summed E-state index contributed by atoms with van der Waals surface area (Å²) in [5.41, 5.74) is 7.21. The molecule has 0 saturated carbocycles. The van der Waals surface area contributed by atoms with Crippen LogP contribution in [0.15, 0.2) is 24.4 Å². The topological polar surface area (TPSA) is 53.1 Å². The molecule has 0 aliphatic carbocycles. The van der Waals surface area contributed by atoms with Gasteiger partial charge in [0.2, 0.25) is 0 Å². The Labute approximate surface area is 126 Å². The zero-order valence-corrected chi connectivity index (χ0v) is 12.3. The highest BCUT2D eigenvalue weighted by Crippen LogP contribution is 2.24. The summed E-state index contributed by atoms with van der Waals surface area (Å²) < 4.78 is 33.1. The van der Waals surface area contributed by atoms with Crippen molar-refractivity contribution in [3.05, 3.63) is 52.3 Å². The van der Waals surface area contributed by atoms with Gasteiger partial charge >= 0.3 is 0 Å². The molecule has 21 heavy (non-hydrogen) atoms. The van der Waals surface area contributed by atoms with Gasteiger partial charge in [-0.15, -0.1) is 0 Å². The van der Waals surface area contributed by atoms with E-state index in [0.29, 0.717) is 29.4 Å². The molecular formula is C14H16ClF2N3O. The van der Waals surface area contributed by atoms with Gasteiger partial charge in [0.05, 0.1) is 36.1 Å². The molecule has 2 N–H and O–H groups in total. The molecule has 1 atom stereocenters. The van der Waals surface area contributed by atoms with E-state index in [4.69, 9.17) is 22.1 Å². The first-order valence-electron chi connectivity index (χ1n) is 6.42. The lowest BCUT2D eigenvalue weighted by Crippen LogP contribution is -2.20.